The normalized spacial score (nSPS) is 11.9. The van der Waals surface area contributed by atoms with Gasteiger partial charge in [-0.2, -0.15) is 0 Å². The van der Waals surface area contributed by atoms with E-state index in [1.54, 1.807) is 13.8 Å². The number of hydrogen-bond acceptors (Lipinski definition) is 5. The highest BCUT2D eigenvalue weighted by Gasteiger charge is 2.31. The Hall–Kier alpha value is -3.04. The van der Waals surface area contributed by atoms with Crippen molar-refractivity contribution in [1.82, 2.24) is 5.32 Å². The van der Waals surface area contributed by atoms with E-state index in [2.05, 4.69) is 10.1 Å². The molecule has 1 aromatic carbocycles. The van der Waals surface area contributed by atoms with Crippen LogP contribution in [0.1, 0.15) is 30.0 Å². The van der Waals surface area contributed by atoms with Crippen LogP contribution in [0, 0.1) is 10.1 Å². The average molecular weight is 358 g/mol. The number of alkyl halides is 3. The molecule has 0 saturated heterocycles. The predicted octanol–water partition coefficient (Wildman–Crippen LogP) is 3.75. The van der Waals surface area contributed by atoms with Crippen molar-refractivity contribution in [1.29, 1.82) is 0 Å². The predicted molar refractivity (Wildman–Crippen MR) is 79.0 cm³/mol. The van der Waals surface area contributed by atoms with E-state index in [-0.39, 0.29) is 11.5 Å². The van der Waals surface area contributed by atoms with Gasteiger partial charge in [0.1, 0.15) is 10.7 Å². The van der Waals surface area contributed by atoms with Gasteiger partial charge in [0.2, 0.25) is 0 Å². The topological polar surface area (TPSA) is 94.6 Å². The zero-order valence-electron chi connectivity index (χ0n) is 13.1. The van der Waals surface area contributed by atoms with Gasteiger partial charge in [0.15, 0.2) is 5.76 Å². The molecule has 0 fully saturated rings. The molecule has 1 heterocycles. The Morgan fingerprint density at radius 2 is 1.76 bits per heavy atom. The molecule has 0 aliphatic carbocycles. The Kier molecular flexibility index (Phi) is 4.73. The van der Waals surface area contributed by atoms with Crippen LogP contribution in [0.5, 0.6) is 5.75 Å². The molecule has 0 spiro atoms. The summed E-state index contributed by atoms with van der Waals surface area (Å²) >= 11 is 0. The summed E-state index contributed by atoms with van der Waals surface area (Å²) < 4.78 is 45.1. The largest absolute Gasteiger partial charge is 0.573 e. The summed E-state index contributed by atoms with van der Waals surface area (Å²) in [6, 6.07) is 7.18. The molecule has 1 N–H and O–H groups in total. The third-order valence-corrected chi connectivity index (χ3v) is 3.23. The van der Waals surface area contributed by atoms with Crippen LogP contribution in [0.4, 0.5) is 19.1 Å². The molecular formula is C15H13F3N2O5. The Morgan fingerprint density at radius 1 is 1.16 bits per heavy atom. The second-order valence-corrected chi connectivity index (χ2v) is 5.55. The zero-order chi connectivity index (χ0) is 18.8. The van der Waals surface area contributed by atoms with Gasteiger partial charge in [-0.3, -0.25) is 14.9 Å². The van der Waals surface area contributed by atoms with E-state index in [0.29, 0.717) is 5.56 Å². The van der Waals surface area contributed by atoms with E-state index in [0.717, 1.165) is 24.3 Å². The van der Waals surface area contributed by atoms with Crippen molar-refractivity contribution >= 4 is 11.8 Å². The highest BCUT2D eigenvalue weighted by atomic mass is 19.4. The number of benzene rings is 1. The van der Waals surface area contributed by atoms with E-state index >= 15 is 0 Å². The quantitative estimate of drug-likeness (QED) is 0.649. The van der Waals surface area contributed by atoms with Crippen molar-refractivity contribution in [3.8, 4) is 5.75 Å². The Morgan fingerprint density at radius 3 is 2.24 bits per heavy atom. The molecule has 1 amide bonds. The molecule has 2 rings (SSSR count). The van der Waals surface area contributed by atoms with Crippen molar-refractivity contribution in [3.63, 3.8) is 0 Å². The molecule has 134 valence electrons. The van der Waals surface area contributed by atoms with E-state index in [4.69, 9.17) is 4.42 Å². The third kappa shape index (κ3) is 4.72. The van der Waals surface area contributed by atoms with Gasteiger partial charge in [0.25, 0.3) is 5.91 Å². The molecule has 0 aliphatic heterocycles. The number of hydrogen-bond donors (Lipinski definition) is 1. The van der Waals surface area contributed by atoms with Gasteiger partial charge in [-0.05, 0) is 37.6 Å². The molecule has 7 nitrogen and oxygen atoms in total. The maximum absolute atomic E-state index is 12.2. The number of carbonyl (C=O) groups excluding carboxylic acids is 1. The minimum Gasteiger partial charge on any atom is -0.406 e. The summed E-state index contributed by atoms with van der Waals surface area (Å²) in [6.45, 7) is 3.23. The van der Waals surface area contributed by atoms with Crippen LogP contribution in [0.15, 0.2) is 40.8 Å². The number of halogens is 3. The van der Waals surface area contributed by atoms with Gasteiger partial charge in [-0.1, -0.05) is 12.1 Å². The van der Waals surface area contributed by atoms with Gasteiger partial charge in [-0.15, -0.1) is 13.2 Å². The fourth-order valence-corrected chi connectivity index (χ4v) is 2.04. The van der Waals surface area contributed by atoms with Crippen molar-refractivity contribution < 1.29 is 32.0 Å². The molecule has 25 heavy (non-hydrogen) atoms. The zero-order valence-corrected chi connectivity index (χ0v) is 13.1. The molecule has 2 aromatic rings. The number of carbonyl (C=O) groups is 1. The van der Waals surface area contributed by atoms with Crippen LogP contribution in [-0.4, -0.2) is 17.2 Å². The van der Waals surface area contributed by atoms with Gasteiger partial charge >= 0.3 is 12.2 Å². The van der Waals surface area contributed by atoms with E-state index in [1.165, 1.54) is 12.1 Å². The summed E-state index contributed by atoms with van der Waals surface area (Å²) in [5.74, 6) is -1.91. The molecular weight excluding hydrogens is 345 g/mol. The number of furan rings is 1. The summed E-state index contributed by atoms with van der Waals surface area (Å²) in [5, 5.41) is 13.2. The standard InChI is InChI=1S/C15H13F3N2O5/c1-14(2,9-3-5-10(6-4-9)25-15(16,17)18)19-13(21)11-7-8-12(24-11)20(22)23/h3-8H,1-2H3,(H,19,21). The summed E-state index contributed by atoms with van der Waals surface area (Å²) in [6.07, 6.45) is -4.79. The van der Waals surface area contributed by atoms with Crippen molar-refractivity contribution in [2.45, 2.75) is 25.7 Å². The molecule has 0 unspecified atom stereocenters. The fourth-order valence-electron chi connectivity index (χ4n) is 2.04. The highest BCUT2D eigenvalue weighted by Crippen LogP contribution is 2.27. The average Bonchev–Trinajstić information content (AvgIpc) is 2.95. The molecule has 0 aliphatic rings. The van der Waals surface area contributed by atoms with Crippen LogP contribution in [-0.2, 0) is 5.54 Å². The minimum absolute atomic E-state index is 0.253. The summed E-state index contributed by atoms with van der Waals surface area (Å²) in [7, 11) is 0. The Balaban J connectivity index is 2.12. The van der Waals surface area contributed by atoms with E-state index in [9.17, 15) is 28.1 Å². The SMILES string of the molecule is CC(C)(NC(=O)c1ccc([N+](=O)[O-])o1)c1ccc(OC(F)(F)F)cc1. The monoisotopic (exact) mass is 358 g/mol. The highest BCUT2D eigenvalue weighted by molar-refractivity contribution is 5.92. The van der Waals surface area contributed by atoms with Gasteiger partial charge < -0.3 is 14.5 Å². The first kappa shape index (κ1) is 18.3. The molecule has 10 heteroatoms. The number of amides is 1. The lowest BCUT2D eigenvalue weighted by molar-refractivity contribution is -0.402. The third-order valence-electron chi connectivity index (χ3n) is 3.23. The number of nitro groups is 1. The van der Waals surface area contributed by atoms with Crippen molar-refractivity contribution in [3.05, 3.63) is 57.8 Å². The lowest BCUT2D eigenvalue weighted by Gasteiger charge is -2.26. The first-order valence-electron chi connectivity index (χ1n) is 6.91. The van der Waals surface area contributed by atoms with Crippen LogP contribution in [0.2, 0.25) is 0 Å². The van der Waals surface area contributed by atoms with Gasteiger partial charge in [0, 0.05) is 0 Å². The summed E-state index contributed by atoms with van der Waals surface area (Å²) in [4.78, 5) is 21.9. The molecule has 1 aromatic heterocycles. The Bertz CT molecular complexity index is 781. The van der Waals surface area contributed by atoms with Crippen LogP contribution in [0.3, 0.4) is 0 Å². The van der Waals surface area contributed by atoms with Crippen molar-refractivity contribution in [2.24, 2.45) is 0 Å². The number of ether oxygens (including phenoxy) is 1. The van der Waals surface area contributed by atoms with Crippen LogP contribution >= 0.6 is 0 Å². The minimum atomic E-state index is -4.79. The number of nitrogens with zero attached hydrogens (tertiary/aromatic N) is 1. The lowest BCUT2D eigenvalue weighted by Crippen LogP contribution is -2.40. The second-order valence-electron chi connectivity index (χ2n) is 5.55. The molecule has 0 atom stereocenters. The van der Waals surface area contributed by atoms with Crippen LogP contribution in [0.25, 0.3) is 0 Å². The number of rotatable bonds is 5. The van der Waals surface area contributed by atoms with Gasteiger partial charge in [0.05, 0.1) is 11.6 Å². The van der Waals surface area contributed by atoms with Gasteiger partial charge in [-0.25, -0.2) is 0 Å². The molecule has 0 bridgehead atoms. The maximum Gasteiger partial charge on any atom is 0.573 e. The maximum atomic E-state index is 12.2. The van der Waals surface area contributed by atoms with E-state index < -0.39 is 28.6 Å². The van der Waals surface area contributed by atoms with Crippen LogP contribution < -0.4 is 10.1 Å². The molecule has 0 saturated carbocycles. The lowest BCUT2D eigenvalue weighted by atomic mass is 9.94. The fraction of sp³-hybridized carbons (Fsp3) is 0.267. The van der Waals surface area contributed by atoms with E-state index in [1.807, 2.05) is 0 Å². The first-order valence-corrected chi connectivity index (χ1v) is 6.91. The molecule has 0 radical (unpaired) electrons. The smallest absolute Gasteiger partial charge is 0.406 e. The first-order chi connectivity index (χ1) is 11.5. The van der Waals surface area contributed by atoms with Crippen molar-refractivity contribution in [2.75, 3.05) is 0 Å². The Labute approximate surface area is 139 Å². The summed E-state index contributed by atoms with van der Waals surface area (Å²) in [5.41, 5.74) is -0.480. The second kappa shape index (κ2) is 6.46. The number of nitrogens with one attached hydrogen (secondary N) is 1.